The molecule has 1 unspecified atom stereocenters. The average Bonchev–Trinajstić information content (AvgIpc) is 2.58. The van der Waals surface area contributed by atoms with Gasteiger partial charge in [0.15, 0.2) is 0 Å². The monoisotopic (exact) mass is 274 g/mol. The van der Waals surface area contributed by atoms with Crippen LogP contribution in [0.1, 0.15) is 40.5 Å². The van der Waals surface area contributed by atoms with Crippen LogP contribution < -0.4 is 10.0 Å². The lowest BCUT2D eigenvalue weighted by Gasteiger charge is -2.12. The summed E-state index contributed by atoms with van der Waals surface area (Å²) in [5.41, 5.74) is 0.474. The predicted molar refractivity (Wildman–Crippen MR) is 73.9 cm³/mol. The van der Waals surface area contributed by atoms with Crippen molar-refractivity contribution in [1.82, 2.24) is 10.0 Å². The van der Waals surface area contributed by atoms with E-state index in [9.17, 15) is 8.42 Å². The lowest BCUT2D eigenvalue weighted by molar-refractivity contribution is 0.457. The van der Waals surface area contributed by atoms with E-state index in [0.29, 0.717) is 12.5 Å². The first-order valence-electron chi connectivity index (χ1n) is 6.87. The van der Waals surface area contributed by atoms with Crippen molar-refractivity contribution in [1.29, 1.82) is 0 Å². The molecule has 5 heteroatoms. The second-order valence-corrected chi connectivity index (χ2v) is 8.77. The summed E-state index contributed by atoms with van der Waals surface area (Å²) in [5.74, 6) is 0.664. The molecule has 2 N–H and O–H groups in total. The molecule has 1 aliphatic heterocycles. The van der Waals surface area contributed by atoms with Crippen molar-refractivity contribution in [3.63, 3.8) is 0 Å². The van der Waals surface area contributed by atoms with Gasteiger partial charge in [0.1, 0.15) is 0 Å². The fourth-order valence-corrected chi connectivity index (χ4v) is 4.63. The zero-order valence-electron chi connectivity index (χ0n) is 11.9. The van der Waals surface area contributed by atoms with Crippen molar-refractivity contribution in [2.45, 2.75) is 46.6 Å². The Hall–Kier alpha value is -0.130. The Morgan fingerprint density at radius 2 is 1.83 bits per heavy atom. The molecule has 0 aromatic carbocycles. The molecule has 0 radical (unpaired) electrons. The quantitative estimate of drug-likeness (QED) is 0.795. The van der Waals surface area contributed by atoms with E-state index >= 15 is 0 Å². The van der Waals surface area contributed by atoms with Crippen LogP contribution in [0.5, 0.6) is 0 Å². The zero-order chi connectivity index (χ0) is 13.6. The number of nitrogens with one attached hydrogen (secondary N) is 2. The van der Waals surface area contributed by atoms with Gasteiger partial charge >= 0.3 is 0 Å². The van der Waals surface area contributed by atoms with E-state index in [1.54, 1.807) is 0 Å². The first-order valence-corrected chi connectivity index (χ1v) is 8.53. The Bertz CT molecular complexity index is 395. The molecule has 1 saturated carbocycles. The van der Waals surface area contributed by atoms with Gasteiger partial charge in [-0.3, -0.25) is 0 Å². The molecule has 1 aliphatic carbocycles. The van der Waals surface area contributed by atoms with E-state index < -0.39 is 10.0 Å². The molecule has 1 saturated heterocycles. The number of hydrogen-bond acceptors (Lipinski definition) is 3. The number of hydrogen-bond donors (Lipinski definition) is 2. The molecule has 0 aromatic rings. The van der Waals surface area contributed by atoms with Gasteiger partial charge < -0.3 is 5.32 Å². The highest BCUT2D eigenvalue weighted by atomic mass is 32.2. The van der Waals surface area contributed by atoms with Crippen molar-refractivity contribution in [2.24, 2.45) is 16.7 Å². The second kappa shape index (κ2) is 4.46. The highest BCUT2D eigenvalue weighted by Crippen LogP contribution is 2.67. The molecule has 2 aliphatic rings. The molecule has 0 bridgehead atoms. The summed E-state index contributed by atoms with van der Waals surface area (Å²) < 4.78 is 26.8. The predicted octanol–water partition coefficient (Wildman–Crippen LogP) is 1.34. The molecule has 0 amide bonds. The third kappa shape index (κ3) is 2.58. The van der Waals surface area contributed by atoms with E-state index in [1.807, 2.05) is 0 Å². The molecule has 0 aromatic heterocycles. The fraction of sp³-hybridized carbons (Fsp3) is 1.00. The third-order valence-corrected chi connectivity index (χ3v) is 6.86. The van der Waals surface area contributed by atoms with Crippen LogP contribution in [0.4, 0.5) is 0 Å². The summed E-state index contributed by atoms with van der Waals surface area (Å²) >= 11 is 0. The molecule has 2 rings (SSSR count). The maximum Gasteiger partial charge on any atom is 0.213 e. The van der Waals surface area contributed by atoms with E-state index in [1.165, 1.54) is 0 Å². The molecule has 106 valence electrons. The molecule has 1 atom stereocenters. The lowest BCUT2D eigenvalue weighted by atomic mass is 10.0. The van der Waals surface area contributed by atoms with E-state index in [2.05, 4.69) is 37.7 Å². The van der Waals surface area contributed by atoms with Crippen molar-refractivity contribution in [3.05, 3.63) is 0 Å². The first kappa shape index (κ1) is 14.3. The van der Waals surface area contributed by atoms with E-state index in [-0.39, 0.29) is 22.6 Å². The number of sulfonamides is 1. The summed E-state index contributed by atoms with van der Waals surface area (Å²) in [7, 11) is -3.13. The maximum atomic E-state index is 12.0. The number of rotatable bonds is 5. The Morgan fingerprint density at radius 3 is 2.28 bits per heavy atom. The minimum Gasteiger partial charge on any atom is -0.313 e. The van der Waals surface area contributed by atoms with Crippen LogP contribution in [-0.4, -0.2) is 33.3 Å². The Balaban J connectivity index is 1.83. The van der Waals surface area contributed by atoms with Gasteiger partial charge in [0.2, 0.25) is 10.0 Å². The molecule has 0 spiro atoms. The SMILES string of the molecule is CC1(C)C(CNS(=O)(=O)CC2CCCN2)C1(C)C. The van der Waals surface area contributed by atoms with Gasteiger partial charge in [-0.05, 0) is 36.1 Å². The Morgan fingerprint density at radius 1 is 1.22 bits per heavy atom. The average molecular weight is 274 g/mol. The molecular weight excluding hydrogens is 248 g/mol. The van der Waals surface area contributed by atoms with Crippen LogP contribution in [0.2, 0.25) is 0 Å². The topological polar surface area (TPSA) is 58.2 Å². The Kier molecular flexibility index (Phi) is 3.54. The highest BCUT2D eigenvalue weighted by Gasteiger charge is 2.64. The van der Waals surface area contributed by atoms with Crippen LogP contribution in [-0.2, 0) is 10.0 Å². The van der Waals surface area contributed by atoms with Crippen molar-refractivity contribution >= 4 is 10.0 Å². The molecule has 2 fully saturated rings. The van der Waals surface area contributed by atoms with Crippen LogP contribution in [0, 0.1) is 16.7 Å². The van der Waals surface area contributed by atoms with Crippen molar-refractivity contribution in [3.8, 4) is 0 Å². The summed E-state index contributed by atoms with van der Waals surface area (Å²) in [6.07, 6.45) is 2.06. The van der Waals surface area contributed by atoms with Gasteiger partial charge in [-0.25, -0.2) is 13.1 Å². The lowest BCUT2D eigenvalue weighted by Crippen LogP contribution is -2.37. The van der Waals surface area contributed by atoms with Crippen LogP contribution >= 0.6 is 0 Å². The van der Waals surface area contributed by atoms with Crippen molar-refractivity contribution < 1.29 is 8.42 Å². The Labute approximate surface area is 111 Å². The largest absolute Gasteiger partial charge is 0.313 e. The smallest absolute Gasteiger partial charge is 0.213 e. The molecule has 1 heterocycles. The van der Waals surface area contributed by atoms with Gasteiger partial charge in [-0.15, -0.1) is 0 Å². The van der Waals surface area contributed by atoms with E-state index in [4.69, 9.17) is 0 Å². The zero-order valence-corrected chi connectivity index (χ0v) is 12.7. The normalized spacial score (nSPS) is 30.6. The third-order valence-electron chi connectivity index (χ3n) is 5.41. The minimum absolute atomic E-state index is 0.141. The summed E-state index contributed by atoms with van der Waals surface area (Å²) in [6.45, 7) is 10.4. The second-order valence-electron chi connectivity index (χ2n) is 6.92. The summed E-state index contributed by atoms with van der Waals surface area (Å²) in [4.78, 5) is 0. The first-order chi connectivity index (χ1) is 8.17. The molecule has 18 heavy (non-hydrogen) atoms. The van der Waals surface area contributed by atoms with Crippen LogP contribution in [0.3, 0.4) is 0 Å². The van der Waals surface area contributed by atoms with Gasteiger partial charge in [-0.2, -0.15) is 0 Å². The fourth-order valence-electron chi connectivity index (χ4n) is 3.28. The van der Waals surface area contributed by atoms with Gasteiger partial charge in [0.05, 0.1) is 5.75 Å². The summed E-state index contributed by atoms with van der Waals surface area (Å²) in [5, 5.41) is 3.23. The van der Waals surface area contributed by atoms with Crippen LogP contribution in [0.15, 0.2) is 0 Å². The van der Waals surface area contributed by atoms with Crippen LogP contribution in [0.25, 0.3) is 0 Å². The van der Waals surface area contributed by atoms with Crippen molar-refractivity contribution in [2.75, 3.05) is 18.8 Å². The van der Waals surface area contributed by atoms with E-state index in [0.717, 1.165) is 19.4 Å². The minimum atomic E-state index is -3.13. The maximum absolute atomic E-state index is 12.0. The molecular formula is C13H26N2O2S. The van der Waals surface area contributed by atoms with Gasteiger partial charge in [0, 0.05) is 12.6 Å². The summed E-state index contributed by atoms with van der Waals surface area (Å²) in [6, 6.07) is 0.141. The standard InChI is InChI=1S/C13H26N2O2S/c1-12(2)11(13(12,3)4)8-15-18(16,17)9-10-6-5-7-14-10/h10-11,14-15H,5-9H2,1-4H3. The van der Waals surface area contributed by atoms with Gasteiger partial charge in [-0.1, -0.05) is 27.7 Å². The van der Waals surface area contributed by atoms with Gasteiger partial charge in [0.25, 0.3) is 0 Å². The molecule has 4 nitrogen and oxygen atoms in total. The highest BCUT2D eigenvalue weighted by molar-refractivity contribution is 7.89.